The number of alkyl halides is 3. The Labute approximate surface area is 162 Å². The van der Waals surface area contributed by atoms with E-state index < -0.39 is 54.2 Å². The molecular formula is C16H12ClF3N2O5S. The van der Waals surface area contributed by atoms with E-state index in [-0.39, 0.29) is 0 Å². The molecule has 0 aliphatic rings. The van der Waals surface area contributed by atoms with Crippen molar-refractivity contribution in [3.8, 4) is 0 Å². The number of carbonyl (C=O) groups excluding carboxylic acids is 1. The number of halogens is 4. The van der Waals surface area contributed by atoms with Crippen molar-refractivity contribution < 1.29 is 31.3 Å². The zero-order valence-corrected chi connectivity index (χ0v) is 15.6. The number of nitro benzene ring substituents is 1. The Morgan fingerprint density at radius 3 is 2.32 bits per heavy atom. The highest BCUT2D eigenvalue weighted by atomic mass is 35.5. The number of nitro groups is 1. The normalized spacial score (nSPS) is 13.0. The lowest BCUT2D eigenvalue weighted by Crippen LogP contribution is -2.42. The van der Waals surface area contributed by atoms with Crippen molar-refractivity contribution in [1.82, 2.24) is 0 Å². The Morgan fingerprint density at radius 2 is 1.79 bits per heavy atom. The molecule has 0 N–H and O–H groups in total. The van der Waals surface area contributed by atoms with Crippen molar-refractivity contribution in [2.45, 2.75) is 24.0 Å². The largest absolute Gasteiger partial charge is 0.416 e. The molecule has 12 heteroatoms. The number of anilines is 1. The minimum Gasteiger partial charge on any atom is -0.279 e. The minimum absolute atomic E-state index is 0.333. The molecular weight excluding hydrogens is 425 g/mol. The lowest BCUT2D eigenvalue weighted by Gasteiger charge is -2.28. The topological polar surface area (TPSA) is 97.6 Å². The zero-order chi connectivity index (χ0) is 21.3. The molecule has 0 amide bonds. The number of sulfonamides is 1. The van der Waals surface area contributed by atoms with Gasteiger partial charge in [-0.15, -0.1) is 0 Å². The van der Waals surface area contributed by atoms with Crippen molar-refractivity contribution in [1.29, 1.82) is 0 Å². The van der Waals surface area contributed by atoms with E-state index in [9.17, 15) is 36.5 Å². The third kappa shape index (κ3) is 4.25. The van der Waals surface area contributed by atoms with Crippen molar-refractivity contribution in [3.05, 3.63) is 64.2 Å². The molecule has 1 unspecified atom stereocenters. The molecule has 7 nitrogen and oxygen atoms in total. The van der Waals surface area contributed by atoms with Crippen molar-refractivity contribution in [2.75, 3.05) is 4.31 Å². The highest BCUT2D eigenvalue weighted by Gasteiger charge is 2.38. The summed E-state index contributed by atoms with van der Waals surface area (Å²) in [4.78, 5) is 21.1. The minimum atomic E-state index is -4.82. The molecule has 0 radical (unpaired) electrons. The van der Waals surface area contributed by atoms with Gasteiger partial charge in [0, 0.05) is 6.07 Å². The lowest BCUT2D eigenvalue weighted by atomic mass is 10.2. The van der Waals surface area contributed by atoms with Crippen LogP contribution in [0, 0.1) is 10.1 Å². The van der Waals surface area contributed by atoms with Crippen LogP contribution in [-0.2, 0) is 21.0 Å². The molecule has 28 heavy (non-hydrogen) atoms. The summed E-state index contributed by atoms with van der Waals surface area (Å²) in [6.07, 6.45) is -4.78. The second-order valence-corrected chi connectivity index (χ2v) is 7.71. The van der Waals surface area contributed by atoms with Gasteiger partial charge in [0.25, 0.3) is 15.7 Å². The molecule has 0 heterocycles. The van der Waals surface area contributed by atoms with Gasteiger partial charge in [-0.2, -0.15) is 13.2 Å². The number of carbonyl (C=O) groups is 1. The van der Waals surface area contributed by atoms with E-state index in [1.807, 2.05) is 0 Å². The first-order valence-electron chi connectivity index (χ1n) is 7.52. The first-order chi connectivity index (χ1) is 12.9. The number of hydrogen-bond donors (Lipinski definition) is 0. The predicted molar refractivity (Wildman–Crippen MR) is 94.5 cm³/mol. The van der Waals surface area contributed by atoms with E-state index in [0.717, 1.165) is 31.2 Å². The van der Waals surface area contributed by atoms with Crippen molar-refractivity contribution in [2.24, 2.45) is 0 Å². The van der Waals surface area contributed by atoms with Crippen LogP contribution in [0.5, 0.6) is 0 Å². The molecule has 2 aromatic rings. The molecule has 2 aromatic carbocycles. The van der Waals surface area contributed by atoms with Gasteiger partial charge in [0.15, 0.2) is 4.90 Å². The van der Waals surface area contributed by atoms with Crippen LogP contribution in [0.2, 0.25) is 0 Å². The Balaban J connectivity index is 2.76. The lowest BCUT2D eigenvalue weighted by molar-refractivity contribution is -0.387. The van der Waals surface area contributed by atoms with Gasteiger partial charge in [-0.1, -0.05) is 18.2 Å². The fourth-order valence-electron chi connectivity index (χ4n) is 2.41. The maximum Gasteiger partial charge on any atom is 0.416 e. The van der Waals surface area contributed by atoms with Crippen LogP contribution in [0.3, 0.4) is 0 Å². The van der Waals surface area contributed by atoms with Gasteiger partial charge in [-0.05, 0) is 42.8 Å². The summed E-state index contributed by atoms with van der Waals surface area (Å²) >= 11 is 5.40. The number of para-hydroxylation sites is 1. The summed E-state index contributed by atoms with van der Waals surface area (Å²) in [5.41, 5.74) is -2.48. The molecule has 0 aliphatic carbocycles. The van der Waals surface area contributed by atoms with E-state index in [2.05, 4.69) is 0 Å². The number of benzene rings is 2. The van der Waals surface area contributed by atoms with E-state index >= 15 is 0 Å². The summed E-state index contributed by atoms with van der Waals surface area (Å²) in [6.45, 7) is 1.06. The molecule has 0 saturated heterocycles. The first-order valence-corrected chi connectivity index (χ1v) is 9.33. The molecule has 0 saturated carbocycles. The number of nitrogens with zero attached hydrogens (tertiary/aromatic N) is 2. The van der Waals surface area contributed by atoms with E-state index in [1.54, 1.807) is 0 Å². The molecule has 0 spiro atoms. The van der Waals surface area contributed by atoms with Gasteiger partial charge in [0.1, 0.15) is 6.04 Å². The smallest absolute Gasteiger partial charge is 0.279 e. The molecule has 1 atom stereocenters. The molecule has 0 aromatic heterocycles. The highest BCUT2D eigenvalue weighted by molar-refractivity contribution is 7.93. The molecule has 150 valence electrons. The molecule has 0 bridgehead atoms. The summed E-state index contributed by atoms with van der Waals surface area (Å²) in [6, 6.07) is 5.84. The Morgan fingerprint density at radius 1 is 1.18 bits per heavy atom. The quantitative estimate of drug-likeness (QED) is 0.388. The van der Waals surface area contributed by atoms with Gasteiger partial charge in [0.05, 0.1) is 16.2 Å². The monoisotopic (exact) mass is 436 g/mol. The zero-order valence-electron chi connectivity index (χ0n) is 14.1. The van der Waals surface area contributed by atoms with Crippen LogP contribution >= 0.6 is 11.6 Å². The second-order valence-electron chi connectivity index (χ2n) is 5.55. The maximum absolute atomic E-state index is 13.1. The van der Waals surface area contributed by atoms with E-state index in [0.29, 0.717) is 16.4 Å². The van der Waals surface area contributed by atoms with E-state index in [4.69, 9.17) is 11.6 Å². The van der Waals surface area contributed by atoms with Crippen molar-refractivity contribution >= 4 is 38.2 Å². The summed E-state index contributed by atoms with van der Waals surface area (Å²) < 4.78 is 65.6. The predicted octanol–water partition coefficient (Wildman–Crippen LogP) is 3.96. The fourth-order valence-corrected chi connectivity index (χ4v) is 4.34. The van der Waals surface area contributed by atoms with Gasteiger partial charge in [0.2, 0.25) is 5.24 Å². The van der Waals surface area contributed by atoms with Gasteiger partial charge in [-0.3, -0.25) is 19.2 Å². The third-order valence-corrected chi connectivity index (χ3v) is 5.97. The Bertz CT molecular complexity index is 1030. The second kappa shape index (κ2) is 7.76. The Hall–Kier alpha value is -2.66. The summed E-state index contributed by atoms with van der Waals surface area (Å²) in [7, 11) is -4.82. The molecule has 2 rings (SSSR count). The van der Waals surface area contributed by atoms with Crippen LogP contribution in [0.25, 0.3) is 0 Å². The van der Waals surface area contributed by atoms with E-state index in [1.165, 1.54) is 12.1 Å². The maximum atomic E-state index is 13.1. The van der Waals surface area contributed by atoms with Crippen LogP contribution in [-0.4, -0.2) is 24.6 Å². The molecule has 0 fully saturated rings. The highest BCUT2D eigenvalue weighted by Crippen LogP contribution is 2.36. The number of hydrogen-bond acceptors (Lipinski definition) is 5. The van der Waals surface area contributed by atoms with Gasteiger partial charge < -0.3 is 0 Å². The third-order valence-electron chi connectivity index (χ3n) is 3.71. The average Bonchev–Trinajstić information content (AvgIpc) is 2.61. The van der Waals surface area contributed by atoms with Gasteiger partial charge >= 0.3 is 6.18 Å². The SMILES string of the molecule is CC(C(=O)Cl)N(c1cccc(C(F)(F)F)c1)S(=O)(=O)c1ccccc1[N+](=O)[O-]. The van der Waals surface area contributed by atoms with Crippen LogP contribution in [0.15, 0.2) is 53.4 Å². The van der Waals surface area contributed by atoms with Gasteiger partial charge in [-0.25, -0.2) is 8.42 Å². The van der Waals surface area contributed by atoms with Crippen LogP contribution in [0.1, 0.15) is 12.5 Å². The molecule has 0 aliphatic heterocycles. The van der Waals surface area contributed by atoms with Crippen LogP contribution < -0.4 is 4.31 Å². The van der Waals surface area contributed by atoms with Crippen LogP contribution in [0.4, 0.5) is 24.5 Å². The summed E-state index contributed by atoms with van der Waals surface area (Å²) in [5.74, 6) is 0. The summed E-state index contributed by atoms with van der Waals surface area (Å²) in [5, 5.41) is 10.0. The average molecular weight is 437 g/mol. The Kier molecular flexibility index (Phi) is 6.00. The standard InChI is InChI=1S/C16H12ClF3N2O5S/c1-10(15(17)23)21(12-6-4-5-11(9-12)16(18,19)20)28(26,27)14-8-3-2-7-13(14)22(24)25/h2-10H,1H3. The number of rotatable bonds is 6. The fraction of sp³-hybridized carbons (Fsp3) is 0.188. The first kappa shape index (κ1) is 21.6. The van der Waals surface area contributed by atoms with Crippen molar-refractivity contribution in [3.63, 3.8) is 0 Å².